The van der Waals surface area contributed by atoms with Crippen LogP contribution < -0.4 is 10.6 Å². The molecule has 0 unspecified atom stereocenters. The Morgan fingerprint density at radius 3 is 2.69 bits per heavy atom. The molecule has 88 valence electrons. The summed E-state index contributed by atoms with van der Waals surface area (Å²) in [4.78, 5) is 10.9. The van der Waals surface area contributed by atoms with Gasteiger partial charge in [-0.25, -0.2) is 9.97 Å². The minimum atomic E-state index is 0.498. The van der Waals surface area contributed by atoms with Crippen molar-refractivity contribution < 1.29 is 4.74 Å². The summed E-state index contributed by atoms with van der Waals surface area (Å²) in [5.74, 6) is 0.677. The van der Waals surface area contributed by atoms with E-state index in [1.807, 2.05) is 4.90 Å². The van der Waals surface area contributed by atoms with Crippen molar-refractivity contribution in [3.63, 3.8) is 0 Å². The van der Waals surface area contributed by atoms with Gasteiger partial charge in [0.05, 0.1) is 11.6 Å². The molecule has 0 spiro atoms. The molecule has 0 saturated carbocycles. The zero-order valence-electron chi connectivity index (χ0n) is 9.30. The van der Waals surface area contributed by atoms with Crippen molar-refractivity contribution in [2.45, 2.75) is 6.42 Å². The first-order chi connectivity index (χ1) is 7.74. The summed E-state index contributed by atoms with van der Waals surface area (Å²) in [6.07, 6.45) is 4.07. The summed E-state index contributed by atoms with van der Waals surface area (Å²) < 4.78 is 5.04. The number of hydrogen-bond donors (Lipinski definition) is 1. The van der Waals surface area contributed by atoms with Crippen molar-refractivity contribution >= 4 is 23.2 Å². The highest BCUT2D eigenvalue weighted by molar-refractivity contribution is 7.80. The number of ether oxygens (including phenoxy) is 1. The maximum absolute atomic E-state index is 5.48. The Bertz CT molecular complexity index is 320. The largest absolute Gasteiger partial charge is 0.393 e. The Labute approximate surface area is 101 Å². The first-order valence-electron chi connectivity index (χ1n) is 5.03. The van der Waals surface area contributed by atoms with Crippen LogP contribution in [0, 0.1) is 0 Å². The molecule has 0 bridgehead atoms. The summed E-state index contributed by atoms with van der Waals surface area (Å²) in [7, 11) is 1.66. The van der Waals surface area contributed by atoms with Crippen molar-refractivity contribution in [3.05, 3.63) is 18.5 Å². The lowest BCUT2D eigenvalue weighted by Crippen LogP contribution is -2.32. The van der Waals surface area contributed by atoms with Crippen LogP contribution in [0.5, 0.6) is 0 Å². The van der Waals surface area contributed by atoms with Gasteiger partial charge in [0.1, 0.15) is 0 Å². The van der Waals surface area contributed by atoms with Gasteiger partial charge in [0.25, 0.3) is 0 Å². The molecule has 0 aromatic carbocycles. The molecular weight excluding hydrogens is 224 g/mol. The number of rotatable bonds is 7. The highest BCUT2D eigenvalue weighted by Crippen LogP contribution is 2.05. The molecule has 0 aliphatic rings. The van der Waals surface area contributed by atoms with Gasteiger partial charge in [-0.05, 0) is 6.07 Å². The average molecular weight is 240 g/mol. The van der Waals surface area contributed by atoms with Crippen LogP contribution in [-0.2, 0) is 4.74 Å². The normalized spacial score (nSPS) is 10.1. The second kappa shape index (κ2) is 7.08. The Morgan fingerprint density at radius 1 is 1.44 bits per heavy atom. The zero-order chi connectivity index (χ0) is 11.8. The predicted molar refractivity (Wildman–Crippen MR) is 67.5 cm³/mol. The van der Waals surface area contributed by atoms with E-state index in [0.717, 1.165) is 6.54 Å². The van der Waals surface area contributed by atoms with E-state index < -0.39 is 0 Å². The summed E-state index contributed by atoms with van der Waals surface area (Å²) in [6.45, 7) is 2.06. The number of nitrogens with two attached hydrogens (primary N) is 1. The molecule has 1 rings (SSSR count). The lowest BCUT2D eigenvalue weighted by molar-refractivity contribution is 0.205. The van der Waals surface area contributed by atoms with Gasteiger partial charge in [0.15, 0.2) is 0 Å². The quantitative estimate of drug-likeness (QED) is 0.704. The van der Waals surface area contributed by atoms with Crippen LogP contribution in [0.3, 0.4) is 0 Å². The monoisotopic (exact) mass is 240 g/mol. The minimum absolute atomic E-state index is 0.498. The molecular formula is C10H16N4OS. The van der Waals surface area contributed by atoms with Crippen molar-refractivity contribution in [2.24, 2.45) is 5.73 Å². The van der Waals surface area contributed by atoms with Crippen molar-refractivity contribution in [1.82, 2.24) is 9.97 Å². The van der Waals surface area contributed by atoms with Gasteiger partial charge >= 0.3 is 0 Å². The first-order valence-corrected chi connectivity index (χ1v) is 5.44. The van der Waals surface area contributed by atoms with E-state index >= 15 is 0 Å². The Kier molecular flexibility index (Phi) is 5.66. The van der Waals surface area contributed by atoms with E-state index in [4.69, 9.17) is 22.7 Å². The molecule has 0 atom stereocenters. The molecule has 0 aliphatic carbocycles. The Morgan fingerprint density at radius 2 is 2.12 bits per heavy atom. The smallest absolute Gasteiger partial charge is 0.225 e. The molecule has 0 radical (unpaired) electrons. The number of nitrogens with zero attached hydrogens (tertiary/aromatic N) is 3. The second-order valence-corrected chi connectivity index (χ2v) is 3.77. The molecule has 16 heavy (non-hydrogen) atoms. The van der Waals surface area contributed by atoms with Gasteiger partial charge < -0.3 is 15.4 Å². The summed E-state index contributed by atoms with van der Waals surface area (Å²) in [5, 5.41) is 0. The summed E-state index contributed by atoms with van der Waals surface area (Å²) in [6, 6.07) is 1.78. The number of aromatic nitrogens is 2. The number of methoxy groups -OCH3 is 1. The van der Waals surface area contributed by atoms with Crippen molar-refractivity contribution in [2.75, 3.05) is 31.7 Å². The molecule has 6 heteroatoms. The van der Waals surface area contributed by atoms with Crippen LogP contribution in [0.1, 0.15) is 6.42 Å². The summed E-state index contributed by atoms with van der Waals surface area (Å²) >= 11 is 4.86. The molecule has 1 aromatic rings. The maximum Gasteiger partial charge on any atom is 0.225 e. The van der Waals surface area contributed by atoms with E-state index in [2.05, 4.69) is 9.97 Å². The molecule has 1 aromatic heterocycles. The molecule has 5 nitrogen and oxygen atoms in total. The maximum atomic E-state index is 5.48. The Hall–Kier alpha value is -1.27. The van der Waals surface area contributed by atoms with Gasteiger partial charge in [-0.15, -0.1) is 0 Å². The van der Waals surface area contributed by atoms with Gasteiger partial charge in [-0.1, -0.05) is 12.2 Å². The lowest BCUT2D eigenvalue weighted by Gasteiger charge is -2.21. The third-order valence-electron chi connectivity index (χ3n) is 2.03. The topological polar surface area (TPSA) is 64.3 Å². The highest BCUT2D eigenvalue weighted by atomic mass is 32.1. The first kappa shape index (κ1) is 12.8. The van der Waals surface area contributed by atoms with E-state index in [1.165, 1.54) is 0 Å². The molecule has 0 fully saturated rings. The van der Waals surface area contributed by atoms with E-state index in [9.17, 15) is 0 Å². The van der Waals surface area contributed by atoms with Gasteiger partial charge in [-0.3, -0.25) is 0 Å². The van der Waals surface area contributed by atoms with Gasteiger partial charge in [-0.2, -0.15) is 0 Å². The lowest BCUT2D eigenvalue weighted by atomic mass is 10.4. The van der Waals surface area contributed by atoms with Crippen LogP contribution in [0.15, 0.2) is 18.5 Å². The Balaban J connectivity index is 2.59. The molecule has 0 aliphatic heterocycles. The average Bonchev–Trinajstić information content (AvgIpc) is 2.30. The fraction of sp³-hybridized carbons (Fsp3) is 0.500. The third kappa shape index (κ3) is 4.50. The van der Waals surface area contributed by atoms with E-state index in [1.54, 1.807) is 25.6 Å². The minimum Gasteiger partial charge on any atom is -0.393 e. The number of thiocarbonyl (C=S) groups is 1. The van der Waals surface area contributed by atoms with Gasteiger partial charge in [0, 0.05) is 39.0 Å². The molecule has 0 saturated heterocycles. The summed E-state index contributed by atoms with van der Waals surface area (Å²) in [5.41, 5.74) is 5.48. The van der Waals surface area contributed by atoms with Crippen LogP contribution in [-0.4, -0.2) is 41.8 Å². The highest BCUT2D eigenvalue weighted by Gasteiger charge is 2.08. The van der Waals surface area contributed by atoms with E-state index in [-0.39, 0.29) is 0 Å². The molecule has 0 amide bonds. The fourth-order valence-corrected chi connectivity index (χ4v) is 1.30. The molecule has 1 heterocycles. The zero-order valence-corrected chi connectivity index (χ0v) is 10.1. The van der Waals surface area contributed by atoms with Crippen LogP contribution >= 0.6 is 12.2 Å². The predicted octanol–water partition coefficient (Wildman–Crippen LogP) is 0.606. The van der Waals surface area contributed by atoms with Crippen LogP contribution in [0.4, 0.5) is 5.95 Å². The molecule has 2 N–H and O–H groups in total. The third-order valence-corrected chi connectivity index (χ3v) is 2.23. The van der Waals surface area contributed by atoms with E-state index in [0.29, 0.717) is 30.5 Å². The standard InChI is InChI=1S/C10H16N4OS/c1-15-8-7-14(6-3-9(11)16)10-12-4-2-5-13-10/h2,4-5H,3,6-8H2,1H3,(H2,11,16). The second-order valence-electron chi connectivity index (χ2n) is 3.24. The van der Waals surface area contributed by atoms with Crippen LogP contribution in [0.2, 0.25) is 0 Å². The number of hydrogen-bond acceptors (Lipinski definition) is 5. The van der Waals surface area contributed by atoms with Gasteiger partial charge in [0.2, 0.25) is 5.95 Å². The number of anilines is 1. The fourth-order valence-electron chi connectivity index (χ4n) is 1.21. The van der Waals surface area contributed by atoms with Crippen LogP contribution in [0.25, 0.3) is 0 Å². The van der Waals surface area contributed by atoms with Crippen molar-refractivity contribution in [3.8, 4) is 0 Å². The SMILES string of the molecule is COCCN(CCC(N)=S)c1ncccn1. The van der Waals surface area contributed by atoms with Crippen molar-refractivity contribution in [1.29, 1.82) is 0 Å².